The number of amides is 1. The van der Waals surface area contributed by atoms with Gasteiger partial charge in [-0.1, -0.05) is 12.8 Å². The summed E-state index contributed by atoms with van der Waals surface area (Å²) >= 11 is 0. The summed E-state index contributed by atoms with van der Waals surface area (Å²) in [6.07, 6.45) is 6.08. The van der Waals surface area contributed by atoms with E-state index in [4.69, 9.17) is 14.6 Å². The quantitative estimate of drug-likeness (QED) is 0.411. The van der Waals surface area contributed by atoms with Crippen LogP contribution in [0.1, 0.15) is 81.6 Å². The van der Waals surface area contributed by atoms with E-state index in [1.54, 1.807) is 37.7 Å². The number of nitriles is 1. The largest absolute Gasteiger partial charge is 0.458 e. The minimum Gasteiger partial charge on any atom is -0.458 e. The van der Waals surface area contributed by atoms with Crippen LogP contribution in [0.2, 0.25) is 0 Å². The number of hydrogen-bond donors (Lipinski definition) is 2. The van der Waals surface area contributed by atoms with E-state index in [9.17, 15) is 19.6 Å². The second-order valence-electron chi connectivity index (χ2n) is 12.6. The Labute approximate surface area is 243 Å². The van der Waals surface area contributed by atoms with Gasteiger partial charge in [-0.25, -0.2) is 4.79 Å². The van der Waals surface area contributed by atoms with Crippen LogP contribution in [-0.2, 0) is 26.4 Å². The van der Waals surface area contributed by atoms with Gasteiger partial charge in [0.2, 0.25) is 0 Å². The number of H-pyrrole nitrogens is 1. The lowest BCUT2D eigenvalue weighted by Crippen LogP contribution is -2.47. The minimum absolute atomic E-state index is 0.0610. The third-order valence-corrected chi connectivity index (χ3v) is 8.52. The van der Waals surface area contributed by atoms with Gasteiger partial charge in [0.05, 0.1) is 30.2 Å². The maximum atomic E-state index is 13.1. The van der Waals surface area contributed by atoms with Crippen LogP contribution >= 0.6 is 0 Å². The molecule has 2 unspecified atom stereocenters. The van der Waals surface area contributed by atoms with Crippen LogP contribution in [0.5, 0.6) is 0 Å². The van der Waals surface area contributed by atoms with Crippen molar-refractivity contribution in [1.29, 1.82) is 5.26 Å². The van der Waals surface area contributed by atoms with Gasteiger partial charge in [0.15, 0.2) is 11.9 Å². The normalized spacial score (nSPS) is 22.8. The van der Waals surface area contributed by atoms with Crippen molar-refractivity contribution < 1.29 is 19.1 Å². The molecule has 2 atom stereocenters. The molecule has 2 aromatic heterocycles. The zero-order valence-corrected chi connectivity index (χ0v) is 24.2. The third-order valence-electron chi connectivity index (χ3n) is 8.52. The SMILES string of the molecule is CC(C)(C)OC(=O)C1CCC(CC#N)(n2nc(Nc3ccc4c(c3)CN(C3CCCC3)C4=O)c3c(=O)[nH]ccc32)CO1. The Bertz CT molecular complexity index is 1630. The molecule has 11 heteroatoms. The van der Waals surface area contributed by atoms with Gasteiger partial charge in [-0.15, -0.1) is 0 Å². The van der Waals surface area contributed by atoms with Crippen LogP contribution in [0.25, 0.3) is 10.9 Å². The summed E-state index contributed by atoms with van der Waals surface area (Å²) in [4.78, 5) is 43.5. The van der Waals surface area contributed by atoms with E-state index in [0.29, 0.717) is 53.4 Å². The Morgan fingerprint density at radius 1 is 1.24 bits per heavy atom. The first-order valence-corrected chi connectivity index (χ1v) is 14.6. The maximum absolute atomic E-state index is 13.1. The number of esters is 1. The molecule has 0 spiro atoms. The van der Waals surface area contributed by atoms with E-state index in [1.807, 2.05) is 23.1 Å². The minimum atomic E-state index is -0.884. The van der Waals surface area contributed by atoms with E-state index in [2.05, 4.69) is 16.4 Å². The summed E-state index contributed by atoms with van der Waals surface area (Å²) in [5.41, 5.74) is 1.09. The molecule has 1 aliphatic carbocycles. The molecule has 0 radical (unpaired) electrons. The van der Waals surface area contributed by atoms with Crippen LogP contribution in [0, 0.1) is 11.3 Å². The number of pyridine rings is 1. The first kappa shape index (κ1) is 28.0. The average Bonchev–Trinajstić information content (AvgIpc) is 3.67. The lowest BCUT2D eigenvalue weighted by Gasteiger charge is -2.39. The van der Waals surface area contributed by atoms with Crippen LogP contribution in [-0.4, -0.2) is 55.9 Å². The number of carbonyl (C=O) groups excluding carboxylic acids is 2. The van der Waals surface area contributed by atoms with E-state index in [0.717, 1.165) is 31.2 Å². The molecule has 11 nitrogen and oxygen atoms in total. The van der Waals surface area contributed by atoms with Crippen molar-refractivity contribution in [2.75, 3.05) is 11.9 Å². The number of rotatable bonds is 6. The Morgan fingerprint density at radius 3 is 2.71 bits per heavy atom. The molecule has 4 heterocycles. The zero-order valence-electron chi connectivity index (χ0n) is 24.2. The Balaban J connectivity index is 1.30. The Hall–Kier alpha value is -4.17. The van der Waals surface area contributed by atoms with Gasteiger partial charge in [0, 0.05) is 30.0 Å². The first-order valence-electron chi connectivity index (χ1n) is 14.6. The molecule has 220 valence electrons. The van der Waals surface area contributed by atoms with Gasteiger partial charge >= 0.3 is 5.97 Å². The molecule has 42 heavy (non-hydrogen) atoms. The number of fused-ring (bicyclic) bond motifs is 2. The highest BCUT2D eigenvalue weighted by Gasteiger charge is 2.43. The van der Waals surface area contributed by atoms with Crippen LogP contribution in [0.3, 0.4) is 0 Å². The highest BCUT2D eigenvalue weighted by Crippen LogP contribution is 2.38. The smallest absolute Gasteiger partial charge is 0.335 e. The second kappa shape index (κ2) is 10.6. The van der Waals surface area contributed by atoms with Crippen molar-refractivity contribution in [2.24, 2.45) is 0 Å². The predicted molar refractivity (Wildman–Crippen MR) is 155 cm³/mol. The topological polar surface area (TPSA) is 142 Å². The fraction of sp³-hybridized carbons (Fsp3) is 0.516. The molecule has 1 saturated heterocycles. The predicted octanol–water partition coefficient (Wildman–Crippen LogP) is 4.50. The van der Waals surface area contributed by atoms with Gasteiger partial charge in [0.1, 0.15) is 11.0 Å². The molecule has 2 N–H and O–H groups in total. The Kier molecular flexibility index (Phi) is 7.05. The molecular formula is C31H36N6O5. The number of hydrogen-bond acceptors (Lipinski definition) is 8. The highest BCUT2D eigenvalue weighted by molar-refractivity contribution is 5.99. The molecule has 0 bridgehead atoms. The van der Waals surface area contributed by atoms with Crippen LogP contribution < -0.4 is 10.9 Å². The molecule has 3 aliphatic rings. The monoisotopic (exact) mass is 572 g/mol. The number of ether oxygens (including phenoxy) is 2. The number of carbonyl (C=O) groups is 2. The number of nitrogens with one attached hydrogen (secondary N) is 2. The van der Waals surface area contributed by atoms with Gasteiger partial charge < -0.3 is 24.7 Å². The van der Waals surface area contributed by atoms with E-state index in [-0.39, 0.29) is 24.5 Å². The van der Waals surface area contributed by atoms with Gasteiger partial charge in [-0.05, 0) is 76.3 Å². The number of aromatic amines is 1. The van der Waals surface area contributed by atoms with E-state index in [1.165, 1.54) is 0 Å². The summed E-state index contributed by atoms with van der Waals surface area (Å²) in [7, 11) is 0. The van der Waals surface area contributed by atoms with Crippen molar-refractivity contribution in [3.63, 3.8) is 0 Å². The standard InChI is InChI=1S/C31H36N6O5/c1-30(2,3)42-29(40)24-10-12-31(13-14-32,18-41-24)37-23-11-15-33-27(38)25(23)26(35-37)34-20-8-9-22-19(16-20)17-36(28(22)39)21-6-4-5-7-21/h8-9,11,15-16,21,24H,4-7,10,12-13,17-18H2,1-3H3,(H,33,38)(H,34,35). The molecule has 1 amide bonds. The van der Waals surface area contributed by atoms with Gasteiger partial charge in [0.25, 0.3) is 11.5 Å². The van der Waals surface area contributed by atoms with E-state index < -0.39 is 23.2 Å². The van der Waals surface area contributed by atoms with Gasteiger partial charge in [-0.2, -0.15) is 10.4 Å². The summed E-state index contributed by atoms with van der Waals surface area (Å²) < 4.78 is 13.2. The molecule has 2 aliphatic heterocycles. The second-order valence-corrected chi connectivity index (χ2v) is 12.6. The molecular weight excluding hydrogens is 536 g/mol. The number of anilines is 2. The lowest BCUT2D eigenvalue weighted by atomic mass is 9.87. The molecule has 6 rings (SSSR count). The fourth-order valence-corrected chi connectivity index (χ4v) is 6.49. The lowest BCUT2D eigenvalue weighted by molar-refractivity contribution is -0.176. The summed E-state index contributed by atoms with van der Waals surface area (Å²) in [5, 5.41) is 18.3. The molecule has 3 aromatic rings. The number of nitrogens with zero attached hydrogens (tertiary/aromatic N) is 4. The fourth-order valence-electron chi connectivity index (χ4n) is 6.49. The average molecular weight is 573 g/mol. The summed E-state index contributed by atoms with van der Waals surface area (Å²) in [6, 6.07) is 9.92. The van der Waals surface area contributed by atoms with Crippen molar-refractivity contribution in [1.82, 2.24) is 19.7 Å². The third kappa shape index (κ3) is 5.04. The zero-order chi connectivity index (χ0) is 29.6. The van der Waals surface area contributed by atoms with Crippen LogP contribution in [0.4, 0.5) is 11.5 Å². The van der Waals surface area contributed by atoms with Crippen LogP contribution in [0.15, 0.2) is 35.3 Å². The van der Waals surface area contributed by atoms with Gasteiger partial charge in [-0.3, -0.25) is 14.3 Å². The highest BCUT2D eigenvalue weighted by atomic mass is 16.6. The molecule has 2 fully saturated rings. The summed E-state index contributed by atoms with van der Waals surface area (Å²) in [6.45, 7) is 6.05. The maximum Gasteiger partial charge on any atom is 0.335 e. The van der Waals surface area contributed by atoms with Crippen molar-refractivity contribution in [3.05, 3.63) is 51.9 Å². The molecule has 1 saturated carbocycles. The van der Waals surface area contributed by atoms with Crippen molar-refractivity contribution >= 4 is 34.3 Å². The molecule has 1 aromatic carbocycles. The Morgan fingerprint density at radius 2 is 2.02 bits per heavy atom. The summed E-state index contributed by atoms with van der Waals surface area (Å²) in [5.74, 6) is -0.0100. The van der Waals surface area contributed by atoms with Crippen molar-refractivity contribution in [3.8, 4) is 6.07 Å². The van der Waals surface area contributed by atoms with Crippen molar-refractivity contribution in [2.45, 2.75) is 95.5 Å². The number of benzene rings is 1. The first-order chi connectivity index (χ1) is 20.1. The number of aromatic nitrogens is 3. The van der Waals surface area contributed by atoms with E-state index >= 15 is 0 Å².